The van der Waals surface area contributed by atoms with Gasteiger partial charge in [0.1, 0.15) is 11.5 Å². The van der Waals surface area contributed by atoms with Gasteiger partial charge >= 0.3 is 0 Å². The maximum absolute atomic E-state index is 11.7. The molecule has 76 valence electrons. The van der Waals surface area contributed by atoms with E-state index in [2.05, 4.69) is 0 Å². The van der Waals surface area contributed by atoms with Gasteiger partial charge in [-0.25, -0.2) is 0 Å². The highest BCUT2D eigenvalue weighted by molar-refractivity contribution is 6.09. The third kappa shape index (κ3) is 1.69. The Morgan fingerprint density at radius 2 is 2.00 bits per heavy atom. The van der Waals surface area contributed by atoms with Gasteiger partial charge in [0.15, 0.2) is 5.76 Å². The molecule has 0 aliphatic carbocycles. The lowest BCUT2D eigenvalue weighted by atomic mass is 10.1. The molecule has 0 bridgehead atoms. The summed E-state index contributed by atoms with van der Waals surface area (Å²) >= 11 is 0. The van der Waals surface area contributed by atoms with Gasteiger partial charge in [-0.1, -0.05) is 0 Å². The second-order valence-corrected chi connectivity index (χ2v) is 3.01. The van der Waals surface area contributed by atoms with E-state index in [9.17, 15) is 15.0 Å². The van der Waals surface area contributed by atoms with Crippen molar-refractivity contribution in [1.29, 1.82) is 0 Å². The number of ketones is 1. The molecule has 0 aliphatic heterocycles. The number of phenolic OH excluding ortho intramolecular Hbond substituents is 2. The number of aromatic hydroxyl groups is 2. The number of hydrogen-bond donors (Lipinski definition) is 2. The number of carbonyl (C=O) groups excluding carboxylic acids is 1. The summed E-state index contributed by atoms with van der Waals surface area (Å²) in [6.07, 6.45) is 1.37. The fourth-order valence-corrected chi connectivity index (χ4v) is 1.25. The van der Waals surface area contributed by atoms with Gasteiger partial charge in [-0.2, -0.15) is 0 Å². The Morgan fingerprint density at radius 3 is 2.67 bits per heavy atom. The minimum atomic E-state index is -0.464. The van der Waals surface area contributed by atoms with E-state index in [1.807, 2.05) is 0 Å². The van der Waals surface area contributed by atoms with Gasteiger partial charge < -0.3 is 14.6 Å². The number of hydrogen-bond acceptors (Lipinski definition) is 4. The normalized spacial score (nSPS) is 10.1. The van der Waals surface area contributed by atoms with E-state index in [0.29, 0.717) is 0 Å². The molecule has 2 rings (SSSR count). The van der Waals surface area contributed by atoms with Crippen LogP contribution in [0, 0.1) is 0 Å². The smallest absolute Gasteiger partial charge is 0.232 e. The standard InChI is InChI=1S/C11H8O4/c12-7-3-4-9(13)8(6-7)11(14)10-2-1-5-15-10/h1-6,12-13H. The molecule has 2 N–H and O–H groups in total. The third-order valence-corrected chi connectivity index (χ3v) is 1.97. The summed E-state index contributed by atoms with van der Waals surface area (Å²) < 4.78 is 4.90. The van der Waals surface area contributed by atoms with E-state index in [1.54, 1.807) is 6.07 Å². The third-order valence-electron chi connectivity index (χ3n) is 1.97. The summed E-state index contributed by atoms with van der Waals surface area (Å²) in [7, 11) is 0. The van der Waals surface area contributed by atoms with Crippen molar-refractivity contribution in [1.82, 2.24) is 0 Å². The van der Waals surface area contributed by atoms with Crippen molar-refractivity contribution in [2.45, 2.75) is 0 Å². The van der Waals surface area contributed by atoms with E-state index < -0.39 is 5.78 Å². The van der Waals surface area contributed by atoms with Crippen LogP contribution in [0.25, 0.3) is 0 Å². The molecule has 0 saturated carbocycles. The van der Waals surface area contributed by atoms with Crippen LogP contribution >= 0.6 is 0 Å². The number of carbonyl (C=O) groups is 1. The SMILES string of the molecule is O=C(c1ccco1)c1cc(O)ccc1O. The van der Waals surface area contributed by atoms with Crippen molar-refractivity contribution in [3.8, 4) is 11.5 Å². The molecule has 0 amide bonds. The van der Waals surface area contributed by atoms with E-state index in [1.165, 1.54) is 30.5 Å². The zero-order chi connectivity index (χ0) is 10.8. The molecular weight excluding hydrogens is 196 g/mol. The Balaban J connectivity index is 2.46. The van der Waals surface area contributed by atoms with Crippen molar-refractivity contribution in [2.75, 3.05) is 0 Å². The molecule has 0 radical (unpaired) electrons. The molecule has 4 heteroatoms. The summed E-state index contributed by atoms with van der Waals surface area (Å²) in [4.78, 5) is 11.7. The van der Waals surface area contributed by atoms with E-state index >= 15 is 0 Å². The molecule has 1 aromatic carbocycles. The Kier molecular flexibility index (Phi) is 2.17. The molecule has 15 heavy (non-hydrogen) atoms. The van der Waals surface area contributed by atoms with Gasteiger partial charge in [0.2, 0.25) is 5.78 Å². The fourth-order valence-electron chi connectivity index (χ4n) is 1.25. The van der Waals surface area contributed by atoms with Crippen LogP contribution in [0.15, 0.2) is 41.0 Å². The number of furan rings is 1. The second kappa shape index (κ2) is 3.49. The van der Waals surface area contributed by atoms with Crippen LogP contribution in [0.1, 0.15) is 16.1 Å². The molecule has 0 spiro atoms. The Morgan fingerprint density at radius 1 is 1.20 bits per heavy atom. The maximum atomic E-state index is 11.7. The molecule has 1 heterocycles. The van der Waals surface area contributed by atoms with Crippen molar-refractivity contribution in [3.05, 3.63) is 47.9 Å². The molecule has 0 unspecified atom stereocenters. The highest BCUT2D eigenvalue weighted by Crippen LogP contribution is 2.24. The van der Waals surface area contributed by atoms with Crippen molar-refractivity contribution < 1.29 is 19.4 Å². The number of benzene rings is 1. The minimum absolute atomic E-state index is 0.0185. The van der Waals surface area contributed by atoms with Crippen LogP contribution in [0.3, 0.4) is 0 Å². The summed E-state index contributed by atoms with van der Waals surface area (Å²) in [5.74, 6) is -0.610. The molecule has 0 aliphatic rings. The average molecular weight is 204 g/mol. The van der Waals surface area contributed by atoms with Crippen molar-refractivity contribution in [2.24, 2.45) is 0 Å². The maximum Gasteiger partial charge on any atom is 0.232 e. The van der Waals surface area contributed by atoms with Gasteiger partial charge in [0.25, 0.3) is 0 Å². The summed E-state index contributed by atoms with van der Waals surface area (Å²) in [5, 5.41) is 18.6. The fraction of sp³-hybridized carbons (Fsp3) is 0. The summed E-state index contributed by atoms with van der Waals surface area (Å²) in [6.45, 7) is 0. The zero-order valence-corrected chi connectivity index (χ0v) is 7.68. The van der Waals surface area contributed by atoms with Gasteiger partial charge in [-0.15, -0.1) is 0 Å². The Bertz CT molecular complexity index is 485. The quantitative estimate of drug-likeness (QED) is 0.579. The van der Waals surface area contributed by atoms with Gasteiger partial charge in [-0.05, 0) is 30.3 Å². The topological polar surface area (TPSA) is 70.7 Å². The number of phenols is 2. The lowest BCUT2D eigenvalue weighted by Crippen LogP contribution is -1.99. The summed E-state index contributed by atoms with van der Waals surface area (Å²) in [6, 6.07) is 6.82. The first-order valence-electron chi connectivity index (χ1n) is 4.28. The van der Waals surface area contributed by atoms with Crippen molar-refractivity contribution in [3.63, 3.8) is 0 Å². The van der Waals surface area contributed by atoms with E-state index in [-0.39, 0.29) is 22.8 Å². The highest BCUT2D eigenvalue weighted by Gasteiger charge is 2.16. The largest absolute Gasteiger partial charge is 0.508 e. The summed E-state index contributed by atoms with van der Waals surface area (Å²) in [5.41, 5.74) is 0.0185. The van der Waals surface area contributed by atoms with E-state index in [4.69, 9.17) is 4.42 Å². The molecule has 1 aromatic heterocycles. The molecule has 0 saturated heterocycles. The monoisotopic (exact) mass is 204 g/mol. The van der Waals surface area contributed by atoms with Gasteiger partial charge in [0, 0.05) is 0 Å². The van der Waals surface area contributed by atoms with E-state index in [0.717, 1.165) is 0 Å². The Labute approximate surface area is 85.4 Å². The number of rotatable bonds is 2. The second-order valence-electron chi connectivity index (χ2n) is 3.01. The predicted octanol–water partition coefficient (Wildman–Crippen LogP) is 1.92. The van der Waals surface area contributed by atoms with Crippen LogP contribution in [-0.4, -0.2) is 16.0 Å². The first-order valence-corrected chi connectivity index (χ1v) is 4.28. The molecular formula is C11H8O4. The lowest BCUT2D eigenvalue weighted by molar-refractivity contribution is 0.101. The van der Waals surface area contributed by atoms with Crippen molar-refractivity contribution >= 4 is 5.78 Å². The lowest BCUT2D eigenvalue weighted by Gasteiger charge is -2.01. The Hall–Kier alpha value is -2.23. The zero-order valence-electron chi connectivity index (χ0n) is 7.68. The minimum Gasteiger partial charge on any atom is -0.508 e. The highest BCUT2D eigenvalue weighted by atomic mass is 16.3. The molecule has 0 atom stereocenters. The van der Waals surface area contributed by atoms with Crippen LogP contribution in [0.5, 0.6) is 11.5 Å². The first-order chi connectivity index (χ1) is 7.18. The molecule has 0 fully saturated rings. The van der Waals surface area contributed by atoms with Gasteiger partial charge in [0.05, 0.1) is 11.8 Å². The van der Waals surface area contributed by atoms with Crippen LogP contribution in [0.4, 0.5) is 0 Å². The molecule has 4 nitrogen and oxygen atoms in total. The average Bonchev–Trinajstić information content (AvgIpc) is 2.74. The van der Waals surface area contributed by atoms with Gasteiger partial charge in [-0.3, -0.25) is 4.79 Å². The first kappa shape index (κ1) is 9.33. The predicted molar refractivity (Wildman–Crippen MR) is 51.9 cm³/mol. The molecule has 2 aromatic rings. The van der Waals surface area contributed by atoms with Crippen LogP contribution in [-0.2, 0) is 0 Å². The van der Waals surface area contributed by atoms with Crippen LogP contribution < -0.4 is 0 Å². The van der Waals surface area contributed by atoms with Crippen LogP contribution in [0.2, 0.25) is 0 Å².